The topological polar surface area (TPSA) is 8.81 Å². The lowest BCUT2D eigenvalue weighted by Gasteiger charge is -2.02. The van der Waals surface area contributed by atoms with Gasteiger partial charge < -0.3 is 0 Å². The molecule has 2 aromatic carbocycles. The van der Waals surface area contributed by atoms with Crippen molar-refractivity contribution >= 4 is 0 Å². The number of aryl methyl sites for hydroxylation is 2. The first-order valence-electron chi connectivity index (χ1n) is 7.30. The quantitative estimate of drug-likeness (QED) is 0.626. The van der Waals surface area contributed by atoms with Gasteiger partial charge in [0.15, 0.2) is 0 Å². The molecule has 0 N–H and O–H groups in total. The lowest BCUT2D eigenvalue weighted by molar-refractivity contribution is -0.601. The van der Waals surface area contributed by atoms with Gasteiger partial charge in [-0.3, -0.25) is 0 Å². The number of imidazole rings is 1. The second kappa shape index (κ2) is 5.21. The molecule has 2 heteroatoms. The molecule has 0 bridgehead atoms. The molecule has 3 rings (SSSR count). The van der Waals surface area contributed by atoms with Crippen LogP contribution in [0.4, 0.5) is 0 Å². The van der Waals surface area contributed by atoms with E-state index in [1.54, 1.807) is 0 Å². The largest absolute Gasteiger partial charge is 0.254 e. The van der Waals surface area contributed by atoms with Crippen LogP contribution in [0.15, 0.2) is 54.9 Å². The Morgan fingerprint density at radius 2 is 1.43 bits per heavy atom. The fraction of sp³-hybridized carbons (Fsp3) is 0.211. The molecular weight excluding hydrogens is 256 g/mol. The Morgan fingerprint density at radius 3 is 2.05 bits per heavy atom. The van der Waals surface area contributed by atoms with Crippen molar-refractivity contribution in [3.8, 4) is 11.4 Å². The average molecular weight is 277 g/mol. The summed E-state index contributed by atoms with van der Waals surface area (Å²) in [5, 5.41) is 0. The van der Waals surface area contributed by atoms with E-state index in [4.69, 9.17) is 0 Å². The fourth-order valence-electron chi connectivity index (χ4n) is 2.84. The minimum Gasteiger partial charge on any atom is -0.199 e. The predicted molar refractivity (Wildman–Crippen MR) is 86.2 cm³/mol. The van der Waals surface area contributed by atoms with E-state index in [0.29, 0.717) is 0 Å². The van der Waals surface area contributed by atoms with Crippen molar-refractivity contribution in [3.05, 3.63) is 77.4 Å². The summed E-state index contributed by atoms with van der Waals surface area (Å²) < 4.78 is 4.51. The van der Waals surface area contributed by atoms with E-state index in [9.17, 15) is 0 Å². The van der Waals surface area contributed by atoms with E-state index in [1.165, 1.54) is 33.9 Å². The summed E-state index contributed by atoms with van der Waals surface area (Å²) in [4.78, 5) is 0. The number of hydrogen-bond donors (Lipinski definition) is 0. The maximum Gasteiger partial charge on any atom is 0.254 e. The van der Waals surface area contributed by atoms with Crippen LogP contribution in [0.3, 0.4) is 0 Å². The SMILES string of the molecule is Cc1cc(C)cc(-n2c[n+](-c3ccccc3)c(C)c2C)c1. The van der Waals surface area contributed by atoms with Crippen LogP contribution >= 0.6 is 0 Å². The molecule has 3 aromatic rings. The Kier molecular flexibility index (Phi) is 3.38. The molecule has 0 aliphatic heterocycles. The molecule has 106 valence electrons. The van der Waals surface area contributed by atoms with Crippen LogP contribution < -0.4 is 4.57 Å². The summed E-state index contributed by atoms with van der Waals surface area (Å²) in [5.41, 5.74) is 7.54. The predicted octanol–water partition coefficient (Wildman–Crippen LogP) is 3.99. The van der Waals surface area contributed by atoms with Crippen molar-refractivity contribution in [2.24, 2.45) is 0 Å². The first kappa shape index (κ1) is 13.6. The van der Waals surface area contributed by atoms with Crippen LogP contribution in [0, 0.1) is 27.7 Å². The first-order chi connectivity index (χ1) is 10.1. The molecule has 0 aliphatic rings. The molecule has 0 amide bonds. The number of benzene rings is 2. The average Bonchev–Trinajstić information content (AvgIpc) is 2.75. The van der Waals surface area contributed by atoms with Crippen LogP contribution in [0.5, 0.6) is 0 Å². The van der Waals surface area contributed by atoms with Gasteiger partial charge in [-0.15, -0.1) is 0 Å². The summed E-state index contributed by atoms with van der Waals surface area (Å²) >= 11 is 0. The third-order valence-electron chi connectivity index (χ3n) is 4.00. The van der Waals surface area contributed by atoms with Crippen LogP contribution in [-0.2, 0) is 0 Å². The molecule has 0 spiro atoms. The van der Waals surface area contributed by atoms with Crippen molar-refractivity contribution in [1.82, 2.24) is 4.57 Å². The van der Waals surface area contributed by atoms with Gasteiger partial charge in [-0.2, -0.15) is 9.13 Å². The van der Waals surface area contributed by atoms with E-state index in [2.05, 4.69) is 85.6 Å². The van der Waals surface area contributed by atoms with Gasteiger partial charge in [0.05, 0.1) is 0 Å². The van der Waals surface area contributed by atoms with Crippen molar-refractivity contribution in [1.29, 1.82) is 0 Å². The smallest absolute Gasteiger partial charge is 0.199 e. The highest BCUT2D eigenvalue weighted by atomic mass is 15.1. The highest BCUT2D eigenvalue weighted by molar-refractivity contribution is 5.41. The lowest BCUT2D eigenvalue weighted by atomic mass is 10.1. The Labute approximate surface area is 126 Å². The van der Waals surface area contributed by atoms with Crippen molar-refractivity contribution in [2.45, 2.75) is 27.7 Å². The van der Waals surface area contributed by atoms with Gasteiger partial charge in [-0.05, 0) is 49.2 Å². The van der Waals surface area contributed by atoms with E-state index in [1.807, 2.05) is 6.07 Å². The summed E-state index contributed by atoms with van der Waals surface area (Å²) in [7, 11) is 0. The highest BCUT2D eigenvalue weighted by Gasteiger charge is 2.19. The van der Waals surface area contributed by atoms with E-state index < -0.39 is 0 Å². The fourth-order valence-corrected chi connectivity index (χ4v) is 2.84. The van der Waals surface area contributed by atoms with Crippen LogP contribution in [0.1, 0.15) is 22.5 Å². The molecule has 21 heavy (non-hydrogen) atoms. The second-order valence-electron chi connectivity index (χ2n) is 5.71. The molecule has 0 radical (unpaired) electrons. The normalized spacial score (nSPS) is 10.9. The van der Waals surface area contributed by atoms with E-state index >= 15 is 0 Å². The molecule has 0 saturated carbocycles. The van der Waals surface area contributed by atoms with Crippen molar-refractivity contribution < 1.29 is 4.57 Å². The van der Waals surface area contributed by atoms with Crippen molar-refractivity contribution in [3.63, 3.8) is 0 Å². The monoisotopic (exact) mass is 277 g/mol. The second-order valence-corrected chi connectivity index (χ2v) is 5.71. The van der Waals surface area contributed by atoms with Crippen LogP contribution in [-0.4, -0.2) is 4.57 Å². The van der Waals surface area contributed by atoms with Gasteiger partial charge in [0.25, 0.3) is 6.33 Å². The summed E-state index contributed by atoms with van der Waals surface area (Å²) in [5.74, 6) is 0. The summed E-state index contributed by atoms with van der Waals surface area (Å²) in [6.07, 6.45) is 2.17. The lowest BCUT2D eigenvalue weighted by Crippen LogP contribution is -2.31. The van der Waals surface area contributed by atoms with E-state index in [0.717, 1.165) is 0 Å². The van der Waals surface area contributed by atoms with Crippen molar-refractivity contribution in [2.75, 3.05) is 0 Å². The zero-order valence-electron chi connectivity index (χ0n) is 13.1. The summed E-state index contributed by atoms with van der Waals surface area (Å²) in [6, 6.07) is 17.1. The van der Waals surface area contributed by atoms with Gasteiger partial charge in [0.1, 0.15) is 22.8 Å². The molecule has 0 saturated heterocycles. The maximum absolute atomic E-state index is 2.27. The van der Waals surface area contributed by atoms with Gasteiger partial charge in [-0.1, -0.05) is 24.3 Å². The number of nitrogens with zero attached hydrogens (tertiary/aromatic N) is 2. The molecular formula is C19H21N2+. The van der Waals surface area contributed by atoms with Crippen LogP contribution in [0.2, 0.25) is 0 Å². The Morgan fingerprint density at radius 1 is 0.810 bits per heavy atom. The third-order valence-corrected chi connectivity index (χ3v) is 4.00. The van der Waals surface area contributed by atoms with Gasteiger partial charge in [-0.25, -0.2) is 0 Å². The van der Waals surface area contributed by atoms with Crippen LogP contribution in [0.25, 0.3) is 11.4 Å². The van der Waals surface area contributed by atoms with Gasteiger partial charge in [0, 0.05) is 13.8 Å². The number of rotatable bonds is 2. The molecule has 0 atom stereocenters. The molecule has 2 nitrogen and oxygen atoms in total. The highest BCUT2D eigenvalue weighted by Crippen LogP contribution is 2.17. The molecule has 1 aromatic heterocycles. The molecule has 1 heterocycles. The Hall–Kier alpha value is -2.35. The van der Waals surface area contributed by atoms with Gasteiger partial charge >= 0.3 is 0 Å². The Balaban J connectivity index is 2.17. The van der Waals surface area contributed by atoms with Gasteiger partial charge in [0.2, 0.25) is 0 Å². The first-order valence-corrected chi connectivity index (χ1v) is 7.30. The Bertz CT molecular complexity index is 763. The standard InChI is InChI=1S/C19H21N2/c1-14-10-15(2)12-19(11-14)21-13-20(16(3)17(21)4)18-8-6-5-7-9-18/h5-13H,1-4H3/q+1. The van der Waals surface area contributed by atoms with E-state index in [-0.39, 0.29) is 0 Å². The molecule has 0 unspecified atom stereocenters. The zero-order valence-corrected chi connectivity index (χ0v) is 13.1. The third kappa shape index (κ3) is 2.49. The minimum atomic E-state index is 1.20. The molecule has 0 fully saturated rings. The zero-order chi connectivity index (χ0) is 15.0. The minimum absolute atomic E-state index is 1.20. The number of aromatic nitrogens is 2. The summed E-state index contributed by atoms with van der Waals surface area (Å²) in [6.45, 7) is 8.63. The maximum atomic E-state index is 2.27. The number of hydrogen-bond acceptors (Lipinski definition) is 0. The number of para-hydroxylation sites is 1. The molecule has 0 aliphatic carbocycles.